The van der Waals surface area contributed by atoms with Gasteiger partial charge in [0.25, 0.3) is 17.4 Å². The zero-order chi connectivity index (χ0) is 13.7. The van der Waals surface area contributed by atoms with Crippen LogP contribution in [-0.2, 0) is 0 Å². The lowest BCUT2D eigenvalue weighted by atomic mass is 10.2. The predicted molar refractivity (Wildman–Crippen MR) is 66.2 cm³/mol. The maximum atomic E-state index is 11.6. The number of nitrogens with zero attached hydrogens (tertiary/aromatic N) is 1. The van der Waals surface area contributed by atoms with Crippen LogP contribution in [0, 0.1) is 0 Å². The van der Waals surface area contributed by atoms with Gasteiger partial charge in [-0.2, -0.15) is 5.10 Å². The number of hydrazine groups is 1. The number of hydrogen-bond acceptors (Lipinski definition) is 4. The van der Waals surface area contributed by atoms with E-state index in [0.717, 1.165) is 0 Å². The number of benzene rings is 1. The number of rotatable bonds is 2. The van der Waals surface area contributed by atoms with Crippen molar-refractivity contribution in [3.8, 4) is 0 Å². The van der Waals surface area contributed by atoms with Gasteiger partial charge in [-0.05, 0) is 18.2 Å². The van der Waals surface area contributed by atoms with Crippen LogP contribution in [0.5, 0.6) is 0 Å². The van der Waals surface area contributed by atoms with Crippen LogP contribution in [-0.4, -0.2) is 22.0 Å². The van der Waals surface area contributed by atoms with Crippen LogP contribution < -0.4 is 16.4 Å². The Hall–Kier alpha value is -2.96. The van der Waals surface area contributed by atoms with E-state index < -0.39 is 17.4 Å². The Labute approximate surface area is 107 Å². The fraction of sp³-hybridized carbons (Fsp3) is 0. The highest BCUT2D eigenvalue weighted by atomic mass is 16.2. The number of carbonyl (C=O) groups is 2. The van der Waals surface area contributed by atoms with Crippen molar-refractivity contribution in [2.24, 2.45) is 0 Å². The fourth-order valence-corrected chi connectivity index (χ4v) is 1.31. The number of nitrogens with one attached hydrogen (secondary N) is 3. The van der Waals surface area contributed by atoms with Crippen LogP contribution in [0.2, 0.25) is 0 Å². The van der Waals surface area contributed by atoms with E-state index in [1.54, 1.807) is 30.3 Å². The van der Waals surface area contributed by atoms with E-state index in [1.165, 1.54) is 12.1 Å². The first-order chi connectivity index (χ1) is 9.16. The Balaban J connectivity index is 1.96. The number of amides is 2. The molecule has 19 heavy (non-hydrogen) atoms. The largest absolute Gasteiger partial charge is 0.290 e. The van der Waals surface area contributed by atoms with Gasteiger partial charge in [0.05, 0.1) is 0 Å². The highest BCUT2D eigenvalue weighted by Gasteiger charge is 2.09. The second kappa shape index (κ2) is 5.58. The van der Waals surface area contributed by atoms with Gasteiger partial charge in [0.15, 0.2) is 5.69 Å². The highest BCUT2D eigenvalue weighted by molar-refractivity contribution is 5.98. The first-order valence-electron chi connectivity index (χ1n) is 5.38. The van der Waals surface area contributed by atoms with Crippen LogP contribution >= 0.6 is 0 Å². The molecule has 7 heteroatoms. The maximum absolute atomic E-state index is 11.6. The third kappa shape index (κ3) is 3.25. The lowest BCUT2D eigenvalue weighted by Gasteiger charge is -2.06. The van der Waals surface area contributed by atoms with E-state index in [2.05, 4.69) is 21.0 Å². The maximum Gasteiger partial charge on any atom is 0.290 e. The van der Waals surface area contributed by atoms with E-state index >= 15 is 0 Å². The number of H-pyrrole nitrogens is 1. The number of aromatic nitrogens is 2. The summed E-state index contributed by atoms with van der Waals surface area (Å²) in [6.07, 6.45) is 0. The summed E-state index contributed by atoms with van der Waals surface area (Å²) < 4.78 is 0. The molecule has 0 aliphatic carbocycles. The number of aromatic amines is 1. The van der Waals surface area contributed by atoms with Crippen molar-refractivity contribution in [2.45, 2.75) is 0 Å². The van der Waals surface area contributed by atoms with Crippen LogP contribution in [0.1, 0.15) is 20.8 Å². The van der Waals surface area contributed by atoms with Crippen LogP contribution in [0.4, 0.5) is 0 Å². The molecule has 0 spiro atoms. The molecular formula is C12H10N4O3. The lowest BCUT2D eigenvalue weighted by molar-refractivity contribution is 0.0843. The molecule has 2 amide bonds. The van der Waals surface area contributed by atoms with E-state index in [0.29, 0.717) is 5.56 Å². The molecule has 0 radical (unpaired) electrons. The minimum atomic E-state index is -0.625. The molecule has 96 valence electrons. The van der Waals surface area contributed by atoms with Gasteiger partial charge in [0, 0.05) is 11.6 Å². The van der Waals surface area contributed by atoms with E-state index in [-0.39, 0.29) is 5.69 Å². The zero-order valence-corrected chi connectivity index (χ0v) is 9.71. The quantitative estimate of drug-likeness (QED) is 0.651. The summed E-state index contributed by atoms with van der Waals surface area (Å²) in [6, 6.07) is 10.8. The van der Waals surface area contributed by atoms with Crippen LogP contribution in [0.15, 0.2) is 47.3 Å². The van der Waals surface area contributed by atoms with E-state index in [4.69, 9.17) is 0 Å². The molecule has 1 aromatic carbocycles. The van der Waals surface area contributed by atoms with Gasteiger partial charge in [0.2, 0.25) is 0 Å². The summed E-state index contributed by atoms with van der Waals surface area (Å²) in [4.78, 5) is 34.0. The van der Waals surface area contributed by atoms with Gasteiger partial charge in [-0.25, -0.2) is 5.10 Å². The Morgan fingerprint density at radius 2 is 1.63 bits per heavy atom. The third-order valence-corrected chi connectivity index (χ3v) is 2.24. The smallest absolute Gasteiger partial charge is 0.268 e. The standard InChI is InChI=1S/C12H10N4O3/c17-10-7-6-9(13-14-10)12(19)16-15-11(18)8-4-2-1-3-5-8/h1-7H,(H,14,17)(H,15,18)(H,16,19). The molecular weight excluding hydrogens is 248 g/mol. The van der Waals surface area contributed by atoms with Gasteiger partial charge in [-0.1, -0.05) is 18.2 Å². The molecule has 0 saturated heterocycles. The molecule has 0 atom stereocenters. The summed E-state index contributed by atoms with van der Waals surface area (Å²) in [5.74, 6) is -1.07. The normalized spacial score (nSPS) is 9.68. The van der Waals surface area contributed by atoms with Gasteiger partial charge < -0.3 is 0 Å². The molecule has 2 aromatic rings. The van der Waals surface area contributed by atoms with Gasteiger partial charge in [-0.15, -0.1) is 0 Å². The second-order valence-corrected chi connectivity index (χ2v) is 3.58. The molecule has 0 fully saturated rings. The van der Waals surface area contributed by atoms with Gasteiger partial charge in [-0.3, -0.25) is 25.2 Å². The fourth-order valence-electron chi connectivity index (χ4n) is 1.31. The Bertz CT molecular complexity index is 631. The van der Waals surface area contributed by atoms with Crippen LogP contribution in [0.3, 0.4) is 0 Å². The van der Waals surface area contributed by atoms with Crippen molar-refractivity contribution < 1.29 is 9.59 Å². The van der Waals surface area contributed by atoms with Crippen molar-refractivity contribution in [3.63, 3.8) is 0 Å². The molecule has 0 saturated carbocycles. The molecule has 0 aliphatic rings. The molecule has 1 heterocycles. The van der Waals surface area contributed by atoms with Crippen molar-refractivity contribution in [1.29, 1.82) is 0 Å². The van der Waals surface area contributed by atoms with Gasteiger partial charge in [0.1, 0.15) is 0 Å². The first kappa shape index (κ1) is 12.5. The third-order valence-electron chi connectivity index (χ3n) is 2.24. The average molecular weight is 258 g/mol. The van der Waals surface area contributed by atoms with Crippen molar-refractivity contribution >= 4 is 11.8 Å². The predicted octanol–water partition coefficient (Wildman–Crippen LogP) is -0.155. The minimum absolute atomic E-state index is 0.00652. The average Bonchev–Trinajstić information content (AvgIpc) is 2.46. The lowest BCUT2D eigenvalue weighted by Crippen LogP contribution is -2.42. The second-order valence-electron chi connectivity index (χ2n) is 3.58. The Morgan fingerprint density at radius 1 is 0.947 bits per heavy atom. The minimum Gasteiger partial charge on any atom is -0.268 e. The van der Waals surface area contributed by atoms with E-state index in [1.807, 2.05) is 0 Å². The summed E-state index contributed by atoms with van der Waals surface area (Å²) in [6.45, 7) is 0. The molecule has 0 bridgehead atoms. The van der Waals surface area contributed by atoms with E-state index in [9.17, 15) is 14.4 Å². The Morgan fingerprint density at radius 3 is 2.26 bits per heavy atom. The molecule has 0 aliphatic heterocycles. The van der Waals surface area contributed by atoms with Crippen LogP contribution in [0.25, 0.3) is 0 Å². The monoisotopic (exact) mass is 258 g/mol. The molecule has 0 unspecified atom stereocenters. The molecule has 7 nitrogen and oxygen atoms in total. The van der Waals surface area contributed by atoms with Crippen molar-refractivity contribution in [3.05, 3.63) is 64.1 Å². The molecule has 3 N–H and O–H groups in total. The molecule has 2 rings (SSSR count). The molecule has 1 aromatic heterocycles. The highest BCUT2D eigenvalue weighted by Crippen LogP contribution is 1.97. The number of carbonyl (C=O) groups excluding carboxylic acids is 2. The topological polar surface area (TPSA) is 104 Å². The van der Waals surface area contributed by atoms with Gasteiger partial charge >= 0.3 is 0 Å². The van der Waals surface area contributed by atoms with Crippen molar-refractivity contribution in [2.75, 3.05) is 0 Å². The first-order valence-corrected chi connectivity index (χ1v) is 5.38. The zero-order valence-electron chi connectivity index (χ0n) is 9.71. The summed E-state index contributed by atoms with van der Waals surface area (Å²) in [5, 5.41) is 5.65. The summed E-state index contributed by atoms with van der Waals surface area (Å²) in [5.41, 5.74) is 4.43. The van der Waals surface area contributed by atoms with Crippen molar-refractivity contribution in [1.82, 2.24) is 21.0 Å². The summed E-state index contributed by atoms with van der Waals surface area (Å²) >= 11 is 0. The Kier molecular flexibility index (Phi) is 3.67. The number of hydrogen-bond donors (Lipinski definition) is 3. The SMILES string of the molecule is O=C(NNC(=O)c1ccc(=O)[nH]n1)c1ccccc1. The summed E-state index contributed by atoms with van der Waals surface area (Å²) in [7, 11) is 0.